The van der Waals surface area contributed by atoms with E-state index in [1.165, 1.54) is 18.3 Å². The molecule has 0 atom stereocenters. The summed E-state index contributed by atoms with van der Waals surface area (Å²) in [5.74, 6) is -0.224. The van der Waals surface area contributed by atoms with E-state index in [9.17, 15) is 14.4 Å². The van der Waals surface area contributed by atoms with Gasteiger partial charge < -0.3 is 4.90 Å². The number of ketones is 1. The van der Waals surface area contributed by atoms with Crippen LogP contribution in [0.3, 0.4) is 0 Å². The zero-order chi connectivity index (χ0) is 17.1. The van der Waals surface area contributed by atoms with Crippen molar-refractivity contribution in [2.24, 2.45) is 0 Å². The van der Waals surface area contributed by atoms with Gasteiger partial charge in [-0.2, -0.15) is 0 Å². The highest BCUT2D eigenvalue weighted by atomic mass is 32.1. The molecule has 24 heavy (non-hydrogen) atoms. The lowest BCUT2D eigenvalue weighted by Crippen LogP contribution is -2.23. The lowest BCUT2D eigenvalue weighted by molar-refractivity contribution is -0.128. The minimum atomic E-state index is -0.275. The van der Waals surface area contributed by atoms with E-state index in [2.05, 4.69) is 10.3 Å². The van der Waals surface area contributed by atoms with Crippen LogP contribution in [0.1, 0.15) is 46.2 Å². The molecular formula is C17H17N3O3S. The first kappa shape index (κ1) is 16.3. The zero-order valence-corrected chi connectivity index (χ0v) is 14.1. The number of likely N-dealkylation sites (tertiary alicyclic amines) is 1. The minimum absolute atomic E-state index is 0.132. The number of anilines is 1. The van der Waals surface area contributed by atoms with E-state index in [-0.39, 0.29) is 17.6 Å². The molecule has 0 bridgehead atoms. The van der Waals surface area contributed by atoms with Gasteiger partial charge in [0.2, 0.25) is 5.91 Å². The predicted octanol–water partition coefficient (Wildman–Crippen LogP) is 2.72. The number of benzene rings is 1. The Morgan fingerprint density at radius 2 is 2.04 bits per heavy atom. The molecule has 2 aromatic rings. The average molecular weight is 343 g/mol. The van der Waals surface area contributed by atoms with Crippen molar-refractivity contribution in [1.29, 1.82) is 0 Å². The number of thiazole rings is 1. The molecular weight excluding hydrogens is 326 g/mol. The van der Waals surface area contributed by atoms with Gasteiger partial charge in [0.1, 0.15) is 5.69 Å². The van der Waals surface area contributed by atoms with Crippen molar-refractivity contribution < 1.29 is 14.4 Å². The summed E-state index contributed by atoms with van der Waals surface area (Å²) in [5.41, 5.74) is 1.85. The highest BCUT2D eigenvalue weighted by molar-refractivity contribution is 7.14. The molecule has 0 radical (unpaired) electrons. The first-order valence-electron chi connectivity index (χ1n) is 7.67. The number of hydrogen-bond acceptors (Lipinski definition) is 5. The largest absolute Gasteiger partial charge is 0.338 e. The summed E-state index contributed by atoms with van der Waals surface area (Å²) in [5, 5.41) is 4.70. The molecule has 0 aliphatic carbocycles. The van der Waals surface area contributed by atoms with Crippen LogP contribution in [0.5, 0.6) is 0 Å². The summed E-state index contributed by atoms with van der Waals surface area (Å²) in [6.07, 6.45) is 1.53. The van der Waals surface area contributed by atoms with E-state index in [4.69, 9.17) is 0 Å². The number of nitrogens with zero attached hydrogens (tertiary/aromatic N) is 2. The molecule has 2 heterocycles. The van der Waals surface area contributed by atoms with Gasteiger partial charge in [-0.15, -0.1) is 11.3 Å². The van der Waals surface area contributed by atoms with Gasteiger partial charge in [-0.3, -0.25) is 19.7 Å². The molecule has 1 N–H and O–H groups in total. The van der Waals surface area contributed by atoms with Crippen molar-refractivity contribution in [2.75, 3.05) is 11.9 Å². The highest BCUT2D eigenvalue weighted by Gasteiger charge is 2.20. The van der Waals surface area contributed by atoms with Crippen LogP contribution >= 0.6 is 11.3 Å². The second kappa shape index (κ2) is 6.92. The predicted molar refractivity (Wildman–Crippen MR) is 91.2 cm³/mol. The van der Waals surface area contributed by atoms with E-state index < -0.39 is 0 Å². The molecule has 2 amide bonds. The normalized spacial score (nSPS) is 14.0. The van der Waals surface area contributed by atoms with Crippen molar-refractivity contribution in [3.05, 3.63) is 46.5 Å². The maximum atomic E-state index is 12.2. The molecule has 6 nitrogen and oxygen atoms in total. The molecule has 1 aliphatic rings. The summed E-state index contributed by atoms with van der Waals surface area (Å²) < 4.78 is 0. The molecule has 1 fully saturated rings. The van der Waals surface area contributed by atoms with E-state index in [0.717, 1.165) is 18.5 Å². The fourth-order valence-electron chi connectivity index (χ4n) is 2.52. The molecule has 0 saturated carbocycles. The van der Waals surface area contributed by atoms with Gasteiger partial charge in [0.25, 0.3) is 5.91 Å². The standard InChI is InChI=1S/C17H17N3O3S/c1-11(21)14-10-24-17(18-14)19-16(23)13-6-4-12(5-7-13)9-20-8-2-3-15(20)22/h4-7,10H,2-3,8-9H2,1H3,(H,18,19,23). The maximum absolute atomic E-state index is 12.2. The first-order valence-corrected chi connectivity index (χ1v) is 8.55. The van der Waals surface area contributed by atoms with Crippen LogP contribution in [0.2, 0.25) is 0 Å². The number of aromatic nitrogens is 1. The van der Waals surface area contributed by atoms with Gasteiger partial charge in [-0.1, -0.05) is 12.1 Å². The lowest BCUT2D eigenvalue weighted by Gasteiger charge is -2.15. The fourth-order valence-corrected chi connectivity index (χ4v) is 3.26. The van der Waals surface area contributed by atoms with Gasteiger partial charge >= 0.3 is 0 Å². The maximum Gasteiger partial charge on any atom is 0.257 e. The zero-order valence-electron chi connectivity index (χ0n) is 13.2. The lowest BCUT2D eigenvalue weighted by atomic mass is 10.1. The summed E-state index contributed by atoms with van der Waals surface area (Å²) in [6, 6.07) is 7.15. The topological polar surface area (TPSA) is 79.4 Å². The molecule has 1 saturated heterocycles. The second-order valence-electron chi connectivity index (χ2n) is 5.66. The minimum Gasteiger partial charge on any atom is -0.338 e. The molecule has 7 heteroatoms. The van der Waals surface area contributed by atoms with Gasteiger partial charge in [-0.05, 0) is 24.1 Å². The highest BCUT2D eigenvalue weighted by Crippen LogP contribution is 2.18. The summed E-state index contributed by atoms with van der Waals surface area (Å²) in [4.78, 5) is 41.0. The Kier molecular flexibility index (Phi) is 4.71. The number of carbonyl (C=O) groups is 3. The smallest absolute Gasteiger partial charge is 0.257 e. The quantitative estimate of drug-likeness (QED) is 0.847. The van der Waals surface area contributed by atoms with E-state index in [0.29, 0.717) is 29.4 Å². The van der Waals surface area contributed by atoms with Crippen molar-refractivity contribution in [3.8, 4) is 0 Å². The van der Waals surface area contributed by atoms with Crippen LogP contribution in [0, 0.1) is 0 Å². The van der Waals surface area contributed by atoms with Crippen molar-refractivity contribution in [1.82, 2.24) is 9.88 Å². The molecule has 1 aromatic carbocycles. The van der Waals surface area contributed by atoms with Crippen LogP contribution in [0.25, 0.3) is 0 Å². The summed E-state index contributed by atoms with van der Waals surface area (Å²) in [6.45, 7) is 2.81. The Morgan fingerprint density at radius 3 is 2.62 bits per heavy atom. The molecule has 1 aromatic heterocycles. The third-order valence-electron chi connectivity index (χ3n) is 3.85. The third kappa shape index (κ3) is 3.68. The van der Waals surface area contributed by atoms with Crippen LogP contribution in [0.4, 0.5) is 5.13 Å². The number of rotatable bonds is 5. The molecule has 124 valence electrons. The Morgan fingerprint density at radius 1 is 1.29 bits per heavy atom. The first-order chi connectivity index (χ1) is 11.5. The average Bonchev–Trinajstić information content (AvgIpc) is 3.18. The van der Waals surface area contributed by atoms with Crippen LogP contribution < -0.4 is 5.32 Å². The Hall–Kier alpha value is -2.54. The van der Waals surface area contributed by atoms with Gasteiger partial charge in [0.05, 0.1) is 0 Å². The van der Waals surface area contributed by atoms with Gasteiger partial charge in [0, 0.05) is 37.4 Å². The number of nitrogens with one attached hydrogen (secondary N) is 1. The third-order valence-corrected chi connectivity index (χ3v) is 4.60. The van der Waals surface area contributed by atoms with E-state index in [1.54, 1.807) is 17.5 Å². The van der Waals surface area contributed by atoms with Crippen LogP contribution in [-0.4, -0.2) is 34.0 Å². The number of hydrogen-bond donors (Lipinski definition) is 1. The summed E-state index contributed by atoms with van der Waals surface area (Å²) in [7, 11) is 0. The summed E-state index contributed by atoms with van der Waals surface area (Å²) >= 11 is 1.22. The Labute approximate surface area is 143 Å². The Bertz CT molecular complexity index is 783. The van der Waals surface area contributed by atoms with E-state index in [1.807, 2.05) is 17.0 Å². The van der Waals surface area contributed by atoms with Gasteiger partial charge in [0.15, 0.2) is 10.9 Å². The van der Waals surface area contributed by atoms with Crippen molar-refractivity contribution in [2.45, 2.75) is 26.3 Å². The van der Waals surface area contributed by atoms with Gasteiger partial charge in [-0.25, -0.2) is 4.98 Å². The van der Waals surface area contributed by atoms with Crippen LogP contribution in [-0.2, 0) is 11.3 Å². The van der Waals surface area contributed by atoms with Crippen LogP contribution in [0.15, 0.2) is 29.6 Å². The van der Waals surface area contributed by atoms with Crippen molar-refractivity contribution >= 4 is 34.1 Å². The molecule has 1 aliphatic heterocycles. The fraction of sp³-hybridized carbons (Fsp3) is 0.294. The van der Waals surface area contributed by atoms with Crippen molar-refractivity contribution in [3.63, 3.8) is 0 Å². The van der Waals surface area contributed by atoms with E-state index >= 15 is 0 Å². The number of Topliss-reactive ketones (excluding diaryl/α,β-unsaturated/α-hetero) is 1. The molecule has 0 unspecified atom stereocenters. The SMILES string of the molecule is CC(=O)c1csc(NC(=O)c2ccc(CN3CCCC3=O)cc2)n1. The monoisotopic (exact) mass is 343 g/mol. The number of carbonyl (C=O) groups excluding carboxylic acids is 3. The number of amides is 2. The molecule has 3 rings (SSSR count). The molecule has 0 spiro atoms. The Balaban J connectivity index is 1.62. The second-order valence-corrected chi connectivity index (χ2v) is 6.52.